The summed E-state index contributed by atoms with van der Waals surface area (Å²) in [5, 5.41) is 3.36. The number of unbranched alkanes of at least 4 members (excludes halogenated alkanes) is 1. The molecule has 0 aliphatic heterocycles. The molecule has 10 heteroatoms. The van der Waals surface area contributed by atoms with Crippen molar-refractivity contribution < 1.29 is 22.7 Å². The smallest absolute Gasteiger partial charge is 0.264 e. The average Bonchev–Trinajstić information content (AvgIpc) is 2.97. The number of carbonyl (C=O) groups is 2. The number of carbonyl (C=O) groups excluding carboxylic acids is 2. The fourth-order valence-electron chi connectivity index (χ4n) is 4.23. The zero-order valence-electron chi connectivity index (χ0n) is 23.0. The second kappa shape index (κ2) is 14.7. The van der Waals surface area contributed by atoms with Crippen molar-refractivity contribution in [1.29, 1.82) is 0 Å². The summed E-state index contributed by atoms with van der Waals surface area (Å²) in [5.41, 5.74) is 0.940. The molecule has 3 aromatic carbocycles. The van der Waals surface area contributed by atoms with Gasteiger partial charge in [-0.25, -0.2) is 8.42 Å². The van der Waals surface area contributed by atoms with Crippen LogP contribution in [0.2, 0.25) is 5.02 Å². The van der Waals surface area contributed by atoms with E-state index in [1.54, 1.807) is 66.7 Å². The Kier molecular flexibility index (Phi) is 11.4. The van der Waals surface area contributed by atoms with E-state index in [9.17, 15) is 18.0 Å². The van der Waals surface area contributed by atoms with Gasteiger partial charge in [0.2, 0.25) is 11.8 Å². The summed E-state index contributed by atoms with van der Waals surface area (Å²) in [5.74, 6) is -0.284. The van der Waals surface area contributed by atoms with Crippen LogP contribution in [0, 0.1) is 0 Å². The van der Waals surface area contributed by atoms with E-state index < -0.39 is 28.5 Å². The third kappa shape index (κ3) is 7.76. The van der Waals surface area contributed by atoms with Crippen LogP contribution in [-0.2, 0) is 26.2 Å². The number of nitrogens with zero attached hydrogens (tertiary/aromatic N) is 2. The molecule has 0 saturated heterocycles. The number of benzene rings is 3. The van der Waals surface area contributed by atoms with Gasteiger partial charge < -0.3 is 15.0 Å². The highest BCUT2D eigenvalue weighted by Gasteiger charge is 2.33. The van der Waals surface area contributed by atoms with E-state index in [0.29, 0.717) is 29.3 Å². The molecule has 0 heterocycles. The molecule has 8 nitrogen and oxygen atoms in total. The third-order valence-corrected chi connectivity index (χ3v) is 8.64. The molecule has 0 radical (unpaired) electrons. The summed E-state index contributed by atoms with van der Waals surface area (Å²) in [6.45, 7) is 3.85. The van der Waals surface area contributed by atoms with Gasteiger partial charge in [0.15, 0.2) is 0 Å². The molecule has 0 fully saturated rings. The van der Waals surface area contributed by atoms with Crippen molar-refractivity contribution in [2.75, 3.05) is 24.5 Å². The predicted molar refractivity (Wildman–Crippen MR) is 158 cm³/mol. The van der Waals surface area contributed by atoms with Crippen molar-refractivity contribution in [3.8, 4) is 5.75 Å². The Labute approximate surface area is 241 Å². The van der Waals surface area contributed by atoms with Crippen LogP contribution in [0.15, 0.2) is 83.8 Å². The fraction of sp³-hybridized carbons (Fsp3) is 0.333. The van der Waals surface area contributed by atoms with Crippen LogP contribution in [0.25, 0.3) is 0 Å². The average molecular weight is 586 g/mol. The topological polar surface area (TPSA) is 96.0 Å². The van der Waals surface area contributed by atoms with Crippen molar-refractivity contribution in [1.82, 2.24) is 10.2 Å². The SMILES string of the molecule is CCCCNC(=O)[C@H](CC)N(Cc1ccccc1Cl)C(=O)CN(c1ccc(OC)cc1)S(=O)(=O)c1ccccc1. The summed E-state index contributed by atoms with van der Waals surface area (Å²) in [6, 6.07) is 20.6. The van der Waals surface area contributed by atoms with Crippen LogP contribution in [0.4, 0.5) is 5.69 Å². The predicted octanol–water partition coefficient (Wildman–Crippen LogP) is 5.27. The van der Waals surface area contributed by atoms with Crippen LogP contribution >= 0.6 is 11.6 Å². The lowest BCUT2D eigenvalue weighted by molar-refractivity contribution is -0.140. The number of rotatable bonds is 14. The lowest BCUT2D eigenvalue weighted by atomic mass is 10.1. The Morgan fingerprint density at radius 2 is 1.60 bits per heavy atom. The minimum Gasteiger partial charge on any atom is -0.497 e. The monoisotopic (exact) mass is 585 g/mol. The van der Waals surface area contributed by atoms with Gasteiger partial charge in [0.1, 0.15) is 18.3 Å². The van der Waals surface area contributed by atoms with Gasteiger partial charge in [-0.2, -0.15) is 0 Å². The van der Waals surface area contributed by atoms with Crippen molar-refractivity contribution >= 4 is 39.1 Å². The van der Waals surface area contributed by atoms with Gasteiger partial charge in [-0.05, 0) is 60.9 Å². The highest BCUT2D eigenvalue weighted by molar-refractivity contribution is 7.92. The van der Waals surface area contributed by atoms with E-state index in [0.717, 1.165) is 17.1 Å². The van der Waals surface area contributed by atoms with Gasteiger partial charge in [-0.15, -0.1) is 0 Å². The number of halogens is 1. The van der Waals surface area contributed by atoms with Crippen LogP contribution < -0.4 is 14.4 Å². The Morgan fingerprint density at radius 1 is 0.950 bits per heavy atom. The normalized spacial score (nSPS) is 11.9. The highest BCUT2D eigenvalue weighted by atomic mass is 35.5. The molecule has 0 unspecified atom stereocenters. The molecular formula is C30H36ClN3O5S. The molecule has 0 aliphatic rings. The Morgan fingerprint density at radius 3 is 2.20 bits per heavy atom. The molecule has 3 aromatic rings. The number of hydrogen-bond donors (Lipinski definition) is 1. The maximum atomic E-state index is 14.1. The lowest BCUT2D eigenvalue weighted by Crippen LogP contribution is -2.52. The standard InChI is InChI=1S/C30H36ClN3O5S/c1-4-6-20-32-30(36)28(5-2)33(21-23-12-10-11-15-27(23)31)29(35)22-34(24-16-18-25(39-3)19-17-24)40(37,38)26-13-8-7-9-14-26/h7-19,28H,4-6,20-22H2,1-3H3,(H,32,36)/t28-/m0/s1. The van der Waals surface area contributed by atoms with Gasteiger partial charge >= 0.3 is 0 Å². The minimum absolute atomic E-state index is 0.0417. The van der Waals surface area contributed by atoms with Crippen molar-refractivity contribution in [2.45, 2.75) is 50.6 Å². The molecule has 214 valence electrons. The van der Waals surface area contributed by atoms with E-state index in [1.165, 1.54) is 24.1 Å². The second-order valence-corrected chi connectivity index (χ2v) is 11.5. The number of methoxy groups -OCH3 is 1. The van der Waals surface area contributed by atoms with Gasteiger partial charge in [-0.3, -0.25) is 13.9 Å². The van der Waals surface area contributed by atoms with Crippen LogP contribution in [0.1, 0.15) is 38.7 Å². The number of hydrogen-bond acceptors (Lipinski definition) is 5. The molecular weight excluding hydrogens is 550 g/mol. The molecule has 0 spiro atoms. The van der Waals surface area contributed by atoms with Gasteiger partial charge in [0, 0.05) is 18.1 Å². The lowest BCUT2D eigenvalue weighted by Gasteiger charge is -2.33. The van der Waals surface area contributed by atoms with E-state index in [4.69, 9.17) is 16.3 Å². The van der Waals surface area contributed by atoms with E-state index in [-0.39, 0.29) is 23.0 Å². The first kappa shape index (κ1) is 31.0. The molecule has 40 heavy (non-hydrogen) atoms. The molecule has 1 atom stereocenters. The van der Waals surface area contributed by atoms with Crippen molar-refractivity contribution in [3.05, 3.63) is 89.4 Å². The molecule has 0 bridgehead atoms. The van der Waals surface area contributed by atoms with Crippen molar-refractivity contribution in [2.24, 2.45) is 0 Å². The van der Waals surface area contributed by atoms with E-state index >= 15 is 0 Å². The minimum atomic E-state index is -4.14. The van der Waals surface area contributed by atoms with Gasteiger partial charge in [0.05, 0.1) is 17.7 Å². The highest BCUT2D eigenvalue weighted by Crippen LogP contribution is 2.27. The first-order chi connectivity index (χ1) is 19.2. The largest absolute Gasteiger partial charge is 0.497 e. The maximum Gasteiger partial charge on any atom is 0.264 e. The molecule has 0 aliphatic carbocycles. The molecule has 3 rings (SSSR count). The van der Waals surface area contributed by atoms with Crippen molar-refractivity contribution in [3.63, 3.8) is 0 Å². The maximum absolute atomic E-state index is 14.1. The zero-order chi connectivity index (χ0) is 29.1. The summed E-state index contributed by atoms with van der Waals surface area (Å²) >= 11 is 6.43. The fourth-order valence-corrected chi connectivity index (χ4v) is 5.86. The Hall–Kier alpha value is -3.56. The van der Waals surface area contributed by atoms with Crippen LogP contribution in [0.5, 0.6) is 5.75 Å². The molecule has 1 N–H and O–H groups in total. The number of ether oxygens (including phenoxy) is 1. The second-order valence-electron chi connectivity index (χ2n) is 9.20. The molecule has 0 saturated carbocycles. The Bertz CT molecular complexity index is 1370. The van der Waals surface area contributed by atoms with E-state index in [1.807, 2.05) is 13.8 Å². The summed E-state index contributed by atoms with van der Waals surface area (Å²) in [6.07, 6.45) is 2.05. The zero-order valence-corrected chi connectivity index (χ0v) is 24.6. The number of sulfonamides is 1. The summed E-state index contributed by atoms with van der Waals surface area (Å²) < 4.78 is 33.9. The van der Waals surface area contributed by atoms with Crippen LogP contribution in [-0.4, -0.2) is 51.4 Å². The number of amides is 2. The van der Waals surface area contributed by atoms with Crippen LogP contribution in [0.3, 0.4) is 0 Å². The van der Waals surface area contributed by atoms with Gasteiger partial charge in [0.25, 0.3) is 10.0 Å². The molecule has 0 aromatic heterocycles. The third-order valence-electron chi connectivity index (χ3n) is 6.48. The molecule has 2 amide bonds. The quantitative estimate of drug-likeness (QED) is 0.260. The Balaban J connectivity index is 2.03. The van der Waals surface area contributed by atoms with E-state index in [2.05, 4.69) is 5.32 Å². The number of anilines is 1. The summed E-state index contributed by atoms with van der Waals surface area (Å²) in [4.78, 5) is 28.7. The first-order valence-electron chi connectivity index (χ1n) is 13.2. The number of nitrogens with one attached hydrogen (secondary N) is 1. The van der Waals surface area contributed by atoms with Gasteiger partial charge in [-0.1, -0.05) is 68.3 Å². The summed E-state index contributed by atoms with van der Waals surface area (Å²) in [7, 11) is -2.62. The first-order valence-corrected chi connectivity index (χ1v) is 15.1.